The molecule has 4 rings (SSSR count). The quantitative estimate of drug-likeness (QED) is 0.742. The minimum atomic E-state index is -0.717. The second-order valence-electron chi connectivity index (χ2n) is 7.26. The van der Waals surface area contributed by atoms with Gasteiger partial charge in [0.2, 0.25) is 0 Å². The zero-order chi connectivity index (χ0) is 20.8. The fraction of sp³-hybridized carbons (Fsp3) is 0.300. The first-order valence-electron chi connectivity index (χ1n) is 9.20. The Morgan fingerprint density at radius 2 is 2.14 bits per heavy atom. The van der Waals surface area contributed by atoms with E-state index in [9.17, 15) is 14.0 Å². The van der Waals surface area contributed by atoms with Gasteiger partial charge in [0.1, 0.15) is 5.54 Å². The number of pyridine rings is 1. The predicted octanol–water partition coefficient (Wildman–Crippen LogP) is 4.00. The van der Waals surface area contributed by atoms with Crippen molar-refractivity contribution in [2.24, 2.45) is 0 Å². The minimum absolute atomic E-state index is 0.101. The van der Waals surface area contributed by atoms with Crippen molar-refractivity contribution >= 4 is 52.1 Å². The zero-order valence-electron chi connectivity index (χ0n) is 15.6. The molecule has 1 aromatic heterocycles. The maximum absolute atomic E-state index is 13.7. The number of carbonyl (C=O) groups excluding carboxylic acids is 2. The molecule has 3 heterocycles. The number of thiocarbonyl (C=S) groups is 1. The number of halogens is 2. The number of aromatic nitrogens is 1. The molecule has 2 saturated heterocycles. The van der Waals surface area contributed by atoms with Crippen LogP contribution in [0.5, 0.6) is 0 Å². The normalized spacial score (nSPS) is 21.3. The van der Waals surface area contributed by atoms with Crippen LogP contribution in [-0.2, 0) is 4.79 Å². The van der Waals surface area contributed by atoms with Crippen LogP contribution in [0.4, 0.5) is 15.8 Å². The van der Waals surface area contributed by atoms with E-state index >= 15 is 0 Å². The highest BCUT2D eigenvalue weighted by molar-refractivity contribution is 7.80. The molecule has 0 spiro atoms. The molecule has 1 atom stereocenters. The van der Waals surface area contributed by atoms with Gasteiger partial charge in [0.25, 0.3) is 11.8 Å². The van der Waals surface area contributed by atoms with Crippen LogP contribution in [0.25, 0.3) is 0 Å². The highest BCUT2D eigenvalue weighted by Crippen LogP contribution is 2.41. The zero-order valence-corrected chi connectivity index (χ0v) is 17.2. The number of carbonyl (C=O) groups is 2. The molecule has 2 amide bonds. The van der Waals surface area contributed by atoms with Crippen LogP contribution < -0.4 is 10.2 Å². The van der Waals surface area contributed by atoms with Crippen LogP contribution in [0, 0.1) is 5.82 Å². The number of fused-ring (bicyclic) bond motifs is 1. The summed E-state index contributed by atoms with van der Waals surface area (Å²) in [4.78, 5) is 32.6. The highest BCUT2D eigenvalue weighted by atomic mass is 35.5. The first-order valence-corrected chi connectivity index (χ1v) is 9.99. The number of benzene rings is 1. The van der Waals surface area contributed by atoms with E-state index in [2.05, 4.69) is 10.3 Å². The van der Waals surface area contributed by atoms with Crippen molar-refractivity contribution in [3.63, 3.8) is 0 Å². The molecule has 2 aliphatic heterocycles. The monoisotopic (exact) mass is 432 g/mol. The van der Waals surface area contributed by atoms with Gasteiger partial charge in [0, 0.05) is 18.4 Å². The fourth-order valence-electron chi connectivity index (χ4n) is 3.82. The Hall–Kier alpha value is -2.58. The summed E-state index contributed by atoms with van der Waals surface area (Å²) < 4.78 is 13.7. The number of hydrogen-bond donors (Lipinski definition) is 1. The molecule has 1 unspecified atom stereocenters. The van der Waals surface area contributed by atoms with Crippen molar-refractivity contribution in [3.05, 3.63) is 53.1 Å². The minimum Gasteiger partial charge on any atom is -0.334 e. The van der Waals surface area contributed by atoms with Crippen LogP contribution in [0.15, 0.2) is 36.5 Å². The van der Waals surface area contributed by atoms with E-state index in [0.29, 0.717) is 16.5 Å². The first kappa shape index (κ1) is 19.7. The summed E-state index contributed by atoms with van der Waals surface area (Å²) in [6.45, 7) is 2.64. The van der Waals surface area contributed by atoms with E-state index in [1.165, 1.54) is 23.2 Å². The van der Waals surface area contributed by atoms with Crippen molar-refractivity contribution < 1.29 is 14.0 Å². The highest BCUT2D eigenvalue weighted by Gasteiger charge is 2.53. The van der Waals surface area contributed by atoms with Crippen LogP contribution in [0.2, 0.25) is 5.02 Å². The maximum Gasteiger partial charge on any atom is 0.277 e. The summed E-state index contributed by atoms with van der Waals surface area (Å²) in [5.74, 6) is -1.51. The molecule has 29 heavy (non-hydrogen) atoms. The van der Waals surface area contributed by atoms with Crippen LogP contribution >= 0.6 is 23.8 Å². The molecule has 0 radical (unpaired) electrons. The second-order valence-corrected chi connectivity index (χ2v) is 8.03. The Morgan fingerprint density at radius 1 is 1.34 bits per heavy atom. The molecule has 1 aromatic carbocycles. The third kappa shape index (κ3) is 3.26. The molecule has 150 valence electrons. The van der Waals surface area contributed by atoms with Gasteiger partial charge >= 0.3 is 0 Å². The van der Waals surface area contributed by atoms with Crippen molar-refractivity contribution in [2.45, 2.75) is 31.7 Å². The summed E-state index contributed by atoms with van der Waals surface area (Å²) >= 11 is 12.0. The number of piperidine rings is 1. The second kappa shape index (κ2) is 7.35. The average molecular weight is 433 g/mol. The Labute approximate surface area is 177 Å². The molecule has 0 saturated carbocycles. The molecule has 2 aliphatic rings. The summed E-state index contributed by atoms with van der Waals surface area (Å²) in [5.41, 5.74) is -0.148. The van der Waals surface area contributed by atoms with Gasteiger partial charge in [0.05, 0.1) is 10.7 Å². The number of nitrogens with zero attached hydrogens (tertiary/aromatic N) is 3. The van der Waals surface area contributed by atoms with Crippen molar-refractivity contribution in [2.75, 3.05) is 16.8 Å². The molecular formula is C20H18ClFN4O2S. The van der Waals surface area contributed by atoms with Gasteiger partial charge in [-0.25, -0.2) is 9.37 Å². The number of anilines is 2. The number of rotatable bonds is 3. The van der Waals surface area contributed by atoms with E-state index < -0.39 is 17.3 Å². The molecule has 0 aliphatic carbocycles. The van der Waals surface area contributed by atoms with E-state index in [1.807, 2.05) is 11.8 Å². The van der Waals surface area contributed by atoms with Crippen LogP contribution in [-0.4, -0.2) is 38.9 Å². The average Bonchev–Trinajstić information content (AvgIpc) is 2.89. The SMILES string of the molecule is CC12CCCCN1C(=S)N(c1ccc(NC(=O)c3ncccc3F)cc1Cl)C2=O. The smallest absolute Gasteiger partial charge is 0.277 e. The van der Waals surface area contributed by atoms with E-state index in [4.69, 9.17) is 23.8 Å². The Bertz CT molecular complexity index is 1030. The van der Waals surface area contributed by atoms with Gasteiger partial charge in [0.15, 0.2) is 16.6 Å². The fourth-order valence-corrected chi connectivity index (χ4v) is 4.56. The Morgan fingerprint density at radius 3 is 2.83 bits per heavy atom. The summed E-state index contributed by atoms with van der Waals surface area (Å²) in [6, 6.07) is 7.29. The van der Waals surface area contributed by atoms with E-state index in [-0.39, 0.29) is 16.6 Å². The standard InChI is InChI=1S/C20H18ClFN4O2S/c1-20-8-2-3-10-25(20)19(29)26(18(20)28)15-7-6-12(11-13(15)21)24-17(27)16-14(22)5-4-9-23-16/h4-7,9,11H,2-3,8,10H2,1H3,(H,24,27). The molecule has 9 heteroatoms. The molecule has 0 bridgehead atoms. The summed E-state index contributed by atoms with van der Waals surface area (Å²) in [7, 11) is 0. The largest absolute Gasteiger partial charge is 0.334 e. The predicted molar refractivity (Wildman–Crippen MR) is 113 cm³/mol. The van der Waals surface area contributed by atoms with E-state index in [1.54, 1.807) is 12.1 Å². The number of hydrogen-bond acceptors (Lipinski definition) is 4. The van der Waals surface area contributed by atoms with Crippen molar-refractivity contribution in [3.8, 4) is 0 Å². The van der Waals surface area contributed by atoms with Crippen LogP contribution in [0.1, 0.15) is 36.7 Å². The number of amides is 2. The summed E-state index contributed by atoms with van der Waals surface area (Å²) in [6.07, 6.45) is 4.03. The van der Waals surface area contributed by atoms with Crippen molar-refractivity contribution in [1.29, 1.82) is 0 Å². The third-order valence-electron chi connectivity index (χ3n) is 5.40. The van der Waals surface area contributed by atoms with Crippen molar-refractivity contribution in [1.82, 2.24) is 9.88 Å². The van der Waals surface area contributed by atoms with Gasteiger partial charge in [-0.05, 0) is 68.7 Å². The lowest BCUT2D eigenvalue weighted by Crippen LogP contribution is -2.49. The van der Waals surface area contributed by atoms with Gasteiger partial charge in [-0.15, -0.1) is 0 Å². The topological polar surface area (TPSA) is 65.5 Å². The third-order valence-corrected chi connectivity index (χ3v) is 6.10. The Balaban J connectivity index is 1.60. The maximum atomic E-state index is 13.7. The van der Waals surface area contributed by atoms with E-state index in [0.717, 1.165) is 31.9 Å². The molecule has 2 fully saturated rings. The summed E-state index contributed by atoms with van der Waals surface area (Å²) in [5, 5.41) is 3.25. The molecular weight excluding hydrogens is 415 g/mol. The molecule has 2 aromatic rings. The van der Waals surface area contributed by atoms with Gasteiger partial charge in [-0.1, -0.05) is 11.6 Å². The lowest BCUT2D eigenvalue weighted by atomic mass is 9.89. The van der Waals surface area contributed by atoms with Gasteiger partial charge < -0.3 is 10.2 Å². The molecule has 1 N–H and O–H groups in total. The molecule has 6 nitrogen and oxygen atoms in total. The first-order chi connectivity index (χ1) is 13.8. The number of nitrogens with one attached hydrogen (secondary N) is 1. The van der Waals surface area contributed by atoms with Crippen LogP contribution in [0.3, 0.4) is 0 Å². The lowest BCUT2D eigenvalue weighted by Gasteiger charge is -2.36. The van der Waals surface area contributed by atoms with Gasteiger partial charge in [-0.3, -0.25) is 14.5 Å². The lowest BCUT2D eigenvalue weighted by molar-refractivity contribution is -0.125. The Kier molecular flexibility index (Phi) is 5.00. The van der Waals surface area contributed by atoms with Gasteiger partial charge in [-0.2, -0.15) is 0 Å².